The van der Waals surface area contributed by atoms with E-state index >= 15 is 0 Å². The van der Waals surface area contributed by atoms with Gasteiger partial charge in [0.25, 0.3) is 5.24 Å². The fraction of sp³-hybridized carbons (Fsp3) is 0.364. The van der Waals surface area contributed by atoms with Crippen LogP contribution in [0.15, 0.2) is 24.3 Å². The molecule has 0 aromatic heterocycles. The van der Waals surface area contributed by atoms with E-state index < -0.39 is 0 Å². The minimum Gasteiger partial charge on any atom is -0.347 e. The van der Waals surface area contributed by atoms with Gasteiger partial charge in [0.05, 0.1) is 0 Å². The van der Waals surface area contributed by atoms with Gasteiger partial charge in [-0.3, -0.25) is 4.79 Å². The van der Waals surface area contributed by atoms with Crippen LogP contribution >= 0.6 is 23.4 Å². The molecule has 0 fully saturated rings. The number of amides is 1. The maximum atomic E-state index is 11.1. The molecule has 4 heteroatoms. The zero-order valence-electron chi connectivity index (χ0n) is 8.63. The van der Waals surface area contributed by atoms with Crippen molar-refractivity contribution in [3.63, 3.8) is 0 Å². The SMILES string of the molecule is CCSC(=O)NCCc1ccc(Cl)cc1. The van der Waals surface area contributed by atoms with Crippen LogP contribution in [0.3, 0.4) is 0 Å². The van der Waals surface area contributed by atoms with Crippen LogP contribution in [0.4, 0.5) is 4.79 Å². The molecule has 1 N–H and O–H groups in total. The molecule has 0 aliphatic heterocycles. The summed E-state index contributed by atoms with van der Waals surface area (Å²) in [5.41, 5.74) is 1.18. The summed E-state index contributed by atoms with van der Waals surface area (Å²) in [7, 11) is 0. The van der Waals surface area contributed by atoms with Crippen LogP contribution in [0, 0.1) is 0 Å². The molecule has 0 saturated heterocycles. The Morgan fingerprint density at radius 2 is 2.07 bits per heavy atom. The molecule has 0 aliphatic carbocycles. The summed E-state index contributed by atoms with van der Waals surface area (Å²) in [4.78, 5) is 11.1. The van der Waals surface area contributed by atoms with Gasteiger partial charge in [-0.2, -0.15) is 0 Å². The summed E-state index contributed by atoms with van der Waals surface area (Å²) in [6.07, 6.45) is 0.840. The fourth-order valence-electron chi connectivity index (χ4n) is 1.14. The smallest absolute Gasteiger partial charge is 0.279 e. The number of carbonyl (C=O) groups is 1. The molecule has 0 unspecified atom stereocenters. The van der Waals surface area contributed by atoms with Crippen molar-refractivity contribution in [3.05, 3.63) is 34.9 Å². The molecule has 82 valence electrons. The molecule has 15 heavy (non-hydrogen) atoms. The zero-order chi connectivity index (χ0) is 11.1. The predicted octanol–water partition coefficient (Wildman–Crippen LogP) is 3.35. The topological polar surface area (TPSA) is 29.1 Å². The van der Waals surface area contributed by atoms with E-state index in [4.69, 9.17) is 11.6 Å². The number of carbonyl (C=O) groups excluding carboxylic acids is 1. The first-order valence-electron chi connectivity index (χ1n) is 4.87. The van der Waals surface area contributed by atoms with Crippen LogP contribution in [0.25, 0.3) is 0 Å². The Balaban J connectivity index is 2.26. The van der Waals surface area contributed by atoms with Crippen molar-refractivity contribution >= 4 is 28.6 Å². The molecule has 1 aromatic rings. The quantitative estimate of drug-likeness (QED) is 0.879. The highest BCUT2D eigenvalue weighted by Crippen LogP contribution is 2.09. The Labute approximate surface area is 99.4 Å². The number of nitrogens with one attached hydrogen (secondary N) is 1. The van der Waals surface area contributed by atoms with E-state index in [0.717, 1.165) is 17.2 Å². The Kier molecular flexibility index (Phi) is 5.58. The lowest BCUT2D eigenvalue weighted by Crippen LogP contribution is -2.21. The molecule has 0 aliphatic rings. The van der Waals surface area contributed by atoms with E-state index in [-0.39, 0.29) is 5.24 Å². The van der Waals surface area contributed by atoms with Gasteiger partial charge in [0.15, 0.2) is 0 Å². The molecule has 0 atom stereocenters. The van der Waals surface area contributed by atoms with Crippen molar-refractivity contribution in [2.75, 3.05) is 12.3 Å². The second-order valence-corrected chi connectivity index (χ2v) is 4.70. The minimum atomic E-state index is 0.0477. The monoisotopic (exact) mass is 243 g/mol. The van der Waals surface area contributed by atoms with Crippen LogP contribution in [0.5, 0.6) is 0 Å². The first-order valence-corrected chi connectivity index (χ1v) is 6.24. The Morgan fingerprint density at radius 3 is 2.67 bits per heavy atom. The van der Waals surface area contributed by atoms with Crippen LogP contribution < -0.4 is 5.32 Å². The highest BCUT2D eigenvalue weighted by Gasteiger charge is 1.99. The summed E-state index contributed by atoms with van der Waals surface area (Å²) in [5, 5.41) is 3.63. The van der Waals surface area contributed by atoms with Crippen LogP contribution in [0.2, 0.25) is 5.02 Å². The average Bonchev–Trinajstić information content (AvgIpc) is 2.21. The third-order valence-electron chi connectivity index (χ3n) is 1.87. The van der Waals surface area contributed by atoms with Crippen LogP contribution in [-0.4, -0.2) is 17.5 Å². The molecular formula is C11H14ClNOS. The van der Waals surface area contributed by atoms with Gasteiger partial charge in [-0.1, -0.05) is 42.4 Å². The van der Waals surface area contributed by atoms with E-state index in [1.165, 1.54) is 17.3 Å². The van der Waals surface area contributed by atoms with Gasteiger partial charge in [-0.25, -0.2) is 0 Å². The van der Waals surface area contributed by atoms with E-state index in [2.05, 4.69) is 5.32 Å². The molecule has 1 aromatic carbocycles. The Hall–Kier alpha value is -0.670. The maximum absolute atomic E-state index is 11.1. The third kappa shape index (κ3) is 5.09. The van der Waals surface area contributed by atoms with Gasteiger partial charge in [0, 0.05) is 11.6 Å². The molecule has 0 bridgehead atoms. The predicted molar refractivity (Wildman–Crippen MR) is 66.7 cm³/mol. The molecule has 1 amide bonds. The molecule has 1 rings (SSSR count). The first kappa shape index (κ1) is 12.4. The lowest BCUT2D eigenvalue weighted by Gasteiger charge is -2.03. The molecule has 0 saturated carbocycles. The van der Waals surface area contributed by atoms with Crippen molar-refractivity contribution in [1.29, 1.82) is 0 Å². The van der Waals surface area contributed by atoms with Gasteiger partial charge in [-0.05, 0) is 29.9 Å². The molecule has 0 radical (unpaired) electrons. The number of halogens is 1. The molecular weight excluding hydrogens is 230 g/mol. The number of benzene rings is 1. The second kappa shape index (κ2) is 6.75. The molecule has 0 spiro atoms. The highest BCUT2D eigenvalue weighted by molar-refractivity contribution is 8.13. The Bertz CT molecular complexity index is 313. The summed E-state index contributed by atoms with van der Waals surface area (Å²) < 4.78 is 0. The fourth-order valence-corrected chi connectivity index (χ4v) is 1.73. The summed E-state index contributed by atoms with van der Waals surface area (Å²) in [6.45, 7) is 2.64. The summed E-state index contributed by atoms with van der Waals surface area (Å²) >= 11 is 7.06. The van der Waals surface area contributed by atoms with Crippen LogP contribution in [-0.2, 0) is 6.42 Å². The number of hydrogen-bond acceptors (Lipinski definition) is 2. The maximum Gasteiger partial charge on any atom is 0.279 e. The second-order valence-electron chi connectivity index (χ2n) is 3.02. The third-order valence-corrected chi connectivity index (χ3v) is 2.82. The lowest BCUT2D eigenvalue weighted by molar-refractivity contribution is 0.261. The van der Waals surface area contributed by atoms with Crippen molar-refractivity contribution in [2.24, 2.45) is 0 Å². The van der Waals surface area contributed by atoms with Crippen LogP contribution in [0.1, 0.15) is 12.5 Å². The number of hydrogen-bond donors (Lipinski definition) is 1. The van der Waals surface area contributed by atoms with Gasteiger partial charge >= 0.3 is 0 Å². The van der Waals surface area contributed by atoms with Crippen molar-refractivity contribution in [1.82, 2.24) is 5.32 Å². The lowest BCUT2D eigenvalue weighted by atomic mass is 10.1. The van der Waals surface area contributed by atoms with E-state index in [0.29, 0.717) is 6.54 Å². The van der Waals surface area contributed by atoms with Gasteiger partial charge in [-0.15, -0.1) is 0 Å². The highest BCUT2D eigenvalue weighted by atomic mass is 35.5. The van der Waals surface area contributed by atoms with E-state index in [9.17, 15) is 4.79 Å². The molecule has 2 nitrogen and oxygen atoms in total. The number of rotatable bonds is 4. The first-order chi connectivity index (χ1) is 7.22. The number of thioether (sulfide) groups is 1. The minimum absolute atomic E-state index is 0.0477. The largest absolute Gasteiger partial charge is 0.347 e. The van der Waals surface area contributed by atoms with E-state index in [1.807, 2.05) is 31.2 Å². The summed E-state index contributed by atoms with van der Waals surface area (Å²) in [5.74, 6) is 0.812. The van der Waals surface area contributed by atoms with Gasteiger partial charge in [0.2, 0.25) is 0 Å². The molecule has 0 heterocycles. The Morgan fingerprint density at radius 1 is 1.40 bits per heavy atom. The van der Waals surface area contributed by atoms with E-state index in [1.54, 1.807) is 0 Å². The zero-order valence-corrected chi connectivity index (χ0v) is 10.2. The normalized spacial score (nSPS) is 10.0. The standard InChI is InChI=1S/C11H14ClNOS/c1-2-15-11(14)13-8-7-9-3-5-10(12)6-4-9/h3-6H,2,7-8H2,1H3,(H,13,14). The van der Waals surface area contributed by atoms with Gasteiger partial charge in [0.1, 0.15) is 0 Å². The summed E-state index contributed by atoms with van der Waals surface area (Å²) in [6, 6.07) is 7.67. The van der Waals surface area contributed by atoms with Gasteiger partial charge < -0.3 is 5.32 Å². The average molecular weight is 244 g/mol. The van der Waals surface area contributed by atoms with Crippen molar-refractivity contribution < 1.29 is 4.79 Å². The van der Waals surface area contributed by atoms with Crippen molar-refractivity contribution in [2.45, 2.75) is 13.3 Å². The van der Waals surface area contributed by atoms with Crippen molar-refractivity contribution in [3.8, 4) is 0 Å².